The molecule has 0 bridgehead atoms. The molecule has 0 spiro atoms. The van der Waals surface area contributed by atoms with Gasteiger partial charge in [0.2, 0.25) is 0 Å². The Labute approximate surface area is 97.8 Å². The van der Waals surface area contributed by atoms with Crippen LogP contribution >= 0.6 is 0 Å². The van der Waals surface area contributed by atoms with Crippen LogP contribution in [0.15, 0.2) is 24.3 Å². The van der Waals surface area contributed by atoms with Crippen LogP contribution in [-0.2, 0) is 24.7 Å². The summed E-state index contributed by atoms with van der Waals surface area (Å²) in [6.45, 7) is 2.27. The van der Waals surface area contributed by atoms with Crippen LogP contribution in [0.3, 0.4) is 0 Å². The molecular weight excluding hydrogens is 222 g/mol. The number of hydrogen-bond acceptors (Lipinski definition) is 0. The Kier molecular flexibility index (Phi) is 6.11. The second-order valence-corrected chi connectivity index (χ2v) is 5.53. The Morgan fingerprint density at radius 1 is 1.00 bits per heavy atom. The van der Waals surface area contributed by atoms with Gasteiger partial charge in [-0.1, -0.05) is 0 Å². The minimum atomic E-state index is 1.29. The standard InChI is InChI=1S/C13H19.Zn/c1-2-3-4-5-7-10-13-11-8-6-9-12-13;/h6,8-9,11H,2-5,7,10H2,1H3;. The van der Waals surface area contributed by atoms with Crippen molar-refractivity contribution in [1.82, 2.24) is 0 Å². The zero-order chi connectivity index (χ0) is 10.2. The molecule has 0 saturated heterocycles. The first-order valence-electron chi connectivity index (χ1n) is 5.74. The van der Waals surface area contributed by atoms with Gasteiger partial charge in [-0.3, -0.25) is 0 Å². The fourth-order valence-electron chi connectivity index (χ4n) is 1.72. The van der Waals surface area contributed by atoms with Crippen molar-refractivity contribution in [2.24, 2.45) is 0 Å². The Hall–Kier alpha value is -0.157. The molecule has 1 aromatic carbocycles. The molecule has 0 atom stereocenters. The summed E-state index contributed by atoms with van der Waals surface area (Å²) in [5, 5.41) is 0. The van der Waals surface area contributed by atoms with E-state index in [9.17, 15) is 0 Å². The second-order valence-electron chi connectivity index (χ2n) is 3.93. The van der Waals surface area contributed by atoms with Gasteiger partial charge in [-0.2, -0.15) is 0 Å². The summed E-state index contributed by atoms with van der Waals surface area (Å²) in [6.07, 6.45) is 8.23. The molecule has 73 valence electrons. The molecule has 0 radical (unpaired) electrons. The van der Waals surface area contributed by atoms with Gasteiger partial charge in [0.25, 0.3) is 0 Å². The third-order valence-corrected chi connectivity index (χ3v) is 4.12. The second kappa shape index (κ2) is 7.18. The van der Waals surface area contributed by atoms with Gasteiger partial charge in [-0.25, -0.2) is 0 Å². The predicted octanol–water partition coefficient (Wildman–Crippen LogP) is 3.37. The first-order valence-corrected chi connectivity index (χ1v) is 7.23. The van der Waals surface area contributed by atoms with Crippen molar-refractivity contribution in [2.45, 2.75) is 45.4 Å². The molecule has 1 aromatic rings. The van der Waals surface area contributed by atoms with E-state index in [0.29, 0.717) is 0 Å². The van der Waals surface area contributed by atoms with Crippen molar-refractivity contribution < 1.29 is 18.3 Å². The van der Waals surface area contributed by atoms with E-state index in [1.165, 1.54) is 56.8 Å². The fourth-order valence-corrected chi connectivity index (χ4v) is 2.62. The van der Waals surface area contributed by atoms with E-state index in [0.717, 1.165) is 0 Å². The van der Waals surface area contributed by atoms with Gasteiger partial charge in [0.05, 0.1) is 0 Å². The summed E-state index contributed by atoms with van der Waals surface area (Å²) in [4.78, 5) is 0. The van der Waals surface area contributed by atoms with Crippen LogP contribution in [0.25, 0.3) is 0 Å². The third kappa shape index (κ3) is 4.37. The van der Waals surface area contributed by atoms with Gasteiger partial charge < -0.3 is 0 Å². The maximum atomic E-state index is 2.29. The molecule has 0 aliphatic carbocycles. The van der Waals surface area contributed by atoms with Gasteiger partial charge in [0.15, 0.2) is 0 Å². The average Bonchev–Trinajstić information content (AvgIpc) is 2.20. The monoisotopic (exact) mass is 239 g/mol. The summed E-state index contributed by atoms with van der Waals surface area (Å²) in [5.41, 5.74) is 1.59. The van der Waals surface area contributed by atoms with Crippen LogP contribution in [0.4, 0.5) is 0 Å². The number of aryl methyl sites for hydroxylation is 1. The van der Waals surface area contributed by atoms with Crippen LogP contribution in [-0.4, -0.2) is 0 Å². The van der Waals surface area contributed by atoms with Crippen molar-refractivity contribution >= 4 is 4.16 Å². The van der Waals surface area contributed by atoms with E-state index < -0.39 is 0 Å². The van der Waals surface area contributed by atoms with Crippen molar-refractivity contribution in [1.29, 1.82) is 0 Å². The molecular formula is C13H19Zn. The van der Waals surface area contributed by atoms with Gasteiger partial charge in [0, 0.05) is 0 Å². The van der Waals surface area contributed by atoms with Gasteiger partial charge in [-0.05, 0) is 0 Å². The molecule has 0 amide bonds. The number of unbranched alkanes of at least 4 members (excludes halogenated alkanes) is 4. The Bertz CT molecular complexity index is 255. The number of rotatable bonds is 6. The van der Waals surface area contributed by atoms with Crippen LogP contribution < -0.4 is 4.16 Å². The summed E-state index contributed by atoms with van der Waals surface area (Å²) in [6, 6.07) is 8.87. The summed E-state index contributed by atoms with van der Waals surface area (Å²) in [5.74, 6) is 0. The Morgan fingerprint density at radius 3 is 2.43 bits per heavy atom. The molecule has 1 rings (SSSR count). The average molecular weight is 241 g/mol. The molecule has 14 heavy (non-hydrogen) atoms. The zero-order valence-electron chi connectivity index (χ0n) is 9.26. The molecule has 1 heteroatoms. The summed E-state index contributed by atoms with van der Waals surface area (Å²) < 4.78 is 1.57. The van der Waals surface area contributed by atoms with Crippen LogP contribution in [0.2, 0.25) is 0 Å². The van der Waals surface area contributed by atoms with E-state index in [2.05, 4.69) is 31.2 Å². The Morgan fingerprint density at radius 2 is 1.71 bits per heavy atom. The zero-order valence-corrected chi connectivity index (χ0v) is 12.2. The van der Waals surface area contributed by atoms with E-state index >= 15 is 0 Å². The van der Waals surface area contributed by atoms with Gasteiger partial charge in [-0.15, -0.1) is 0 Å². The van der Waals surface area contributed by atoms with E-state index in [-0.39, 0.29) is 0 Å². The topological polar surface area (TPSA) is 0 Å². The number of benzene rings is 1. The molecule has 0 nitrogen and oxygen atoms in total. The number of hydrogen-bond donors (Lipinski definition) is 0. The molecule has 0 fully saturated rings. The molecule has 0 saturated carbocycles. The molecule has 0 N–H and O–H groups in total. The molecule has 0 aromatic heterocycles. The van der Waals surface area contributed by atoms with Crippen molar-refractivity contribution in [3.8, 4) is 0 Å². The van der Waals surface area contributed by atoms with E-state index in [1.807, 2.05) is 0 Å². The van der Waals surface area contributed by atoms with Gasteiger partial charge >= 0.3 is 97.7 Å². The fraction of sp³-hybridized carbons (Fsp3) is 0.538. The maximum absolute atomic E-state index is 2.29. The molecule has 0 aliphatic rings. The molecule has 0 aliphatic heterocycles. The summed E-state index contributed by atoms with van der Waals surface area (Å²) in [7, 11) is 0. The normalized spacial score (nSPS) is 10.5. The van der Waals surface area contributed by atoms with Crippen molar-refractivity contribution in [3.05, 3.63) is 29.8 Å². The first-order chi connectivity index (χ1) is 6.84. The third-order valence-electron chi connectivity index (χ3n) is 2.67. The van der Waals surface area contributed by atoms with E-state index in [4.69, 9.17) is 0 Å². The first kappa shape index (κ1) is 11.9. The minimum absolute atomic E-state index is 1.29. The Balaban J connectivity index is 2.21. The molecule has 0 unspecified atom stereocenters. The van der Waals surface area contributed by atoms with Crippen LogP contribution in [0.5, 0.6) is 0 Å². The van der Waals surface area contributed by atoms with Gasteiger partial charge in [0.1, 0.15) is 0 Å². The van der Waals surface area contributed by atoms with Crippen molar-refractivity contribution in [3.63, 3.8) is 0 Å². The van der Waals surface area contributed by atoms with Crippen LogP contribution in [0.1, 0.15) is 44.6 Å². The summed E-state index contributed by atoms with van der Waals surface area (Å²) >= 11 is 1.30. The quantitative estimate of drug-likeness (QED) is 0.528. The molecule has 0 heterocycles. The predicted molar refractivity (Wildman–Crippen MR) is 58.5 cm³/mol. The van der Waals surface area contributed by atoms with Crippen molar-refractivity contribution in [2.75, 3.05) is 0 Å². The SMILES string of the molecule is CCCCCCCc1cccc[c]1[Zn]. The van der Waals surface area contributed by atoms with Crippen LogP contribution in [0, 0.1) is 0 Å². The van der Waals surface area contributed by atoms with E-state index in [1.54, 1.807) is 9.72 Å².